The highest BCUT2D eigenvalue weighted by Crippen LogP contribution is 2.13. The van der Waals surface area contributed by atoms with Gasteiger partial charge in [0.05, 0.1) is 24.7 Å². The maximum atomic E-state index is 12.4. The SMILES string of the molecule is CC(=O)[C@H](Cc1ccc(NC(=O)[C@@H]2CC(=O)NC(=O)N2)cc1)NC(=O)[C@@H](N)COC(C)(C)C. The number of rotatable bonds is 9. The Kier molecular flexibility index (Phi) is 8.66. The lowest BCUT2D eigenvalue weighted by Crippen LogP contribution is -2.56. The first-order chi connectivity index (χ1) is 15.3. The number of hydrogen-bond donors (Lipinski definition) is 5. The molecular weight excluding hydrogens is 430 g/mol. The maximum absolute atomic E-state index is 12.4. The van der Waals surface area contributed by atoms with E-state index in [9.17, 15) is 24.0 Å². The number of imide groups is 1. The monoisotopic (exact) mass is 461 g/mol. The van der Waals surface area contributed by atoms with Gasteiger partial charge in [0.1, 0.15) is 12.1 Å². The fourth-order valence-electron chi connectivity index (χ4n) is 2.95. The minimum Gasteiger partial charge on any atom is -0.374 e. The fourth-order valence-corrected chi connectivity index (χ4v) is 2.95. The zero-order valence-corrected chi connectivity index (χ0v) is 19.2. The summed E-state index contributed by atoms with van der Waals surface area (Å²) in [6.45, 7) is 6.96. The van der Waals surface area contributed by atoms with Crippen LogP contribution in [0.4, 0.5) is 10.5 Å². The van der Waals surface area contributed by atoms with Crippen molar-refractivity contribution in [1.82, 2.24) is 16.0 Å². The van der Waals surface area contributed by atoms with Crippen molar-refractivity contribution in [3.8, 4) is 0 Å². The predicted molar refractivity (Wildman–Crippen MR) is 120 cm³/mol. The van der Waals surface area contributed by atoms with E-state index in [-0.39, 0.29) is 25.2 Å². The molecule has 11 nitrogen and oxygen atoms in total. The molecule has 0 aliphatic carbocycles. The van der Waals surface area contributed by atoms with Gasteiger partial charge in [-0.05, 0) is 51.8 Å². The third-order valence-electron chi connectivity index (χ3n) is 4.77. The molecule has 6 N–H and O–H groups in total. The van der Waals surface area contributed by atoms with Crippen molar-refractivity contribution in [3.05, 3.63) is 29.8 Å². The zero-order valence-electron chi connectivity index (χ0n) is 19.2. The third kappa shape index (κ3) is 8.62. The summed E-state index contributed by atoms with van der Waals surface area (Å²) < 4.78 is 5.52. The van der Waals surface area contributed by atoms with Crippen molar-refractivity contribution in [2.24, 2.45) is 5.73 Å². The summed E-state index contributed by atoms with van der Waals surface area (Å²) in [4.78, 5) is 59.5. The van der Waals surface area contributed by atoms with E-state index in [0.29, 0.717) is 5.69 Å². The molecule has 1 saturated heterocycles. The second kappa shape index (κ2) is 11.0. The molecule has 33 heavy (non-hydrogen) atoms. The van der Waals surface area contributed by atoms with E-state index in [0.717, 1.165) is 5.56 Å². The highest BCUT2D eigenvalue weighted by molar-refractivity contribution is 6.05. The molecule has 1 heterocycles. The van der Waals surface area contributed by atoms with Crippen LogP contribution in [0.25, 0.3) is 0 Å². The van der Waals surface area contributed by atoms with Gasteiger partial charge in [-0.25, -0.2) is 4.79 Å². The number of amides is 5. The predicted octanol–water partition coefficient (Wildman–Crippen LogP) is -0.0181. The molecular formula is C22H31N5O6. The van der Waals surface area contributed by atoms with Crippen LogP contribution < -0.4 is 27.0 Å². The Morgan fingerprint density at radius 1 is 1.18 bits per heavy atom. The van der Waals surface area contributed by atoms with Crippen LogP contribution in [0.1, 0.15) is 39.7 Å². The van der Waals surface area contributed by atoms with Crippen molar-refractivity contribution in [2.75, 3.05) is 11.9 Å². The second-order valence-electron chi connectivity index (χ2n) is 8.87. The number of ether oxygens (including phenoxy) is 1. The van der Waals surface area contributed by atoms with Gasteiger partial charge in [0.15, 0.2) is 5.78 Å². The van der Waals surface area contributed by atoms with Crippen LogP contribution in [0.15, 0.2) is 24.3 Å². The van der Waals surface area contributed by atoms with Crippen LogP contribution >= 0.6 is 0 Å². The van der Waals surface area contributed by atoms with Crippen molar-refractivity contribution in [1.29, 1.82) is 0 Å². The lowest BCUT2D eigenvalue weighted by atomic mass is 10.0. The minimum atomic E-state index is -0.963. The normalized spacial score (nSPS) is 17.9. The summed E-state index contributed by atoms with van der Waals surface area (Å²) >= 11 is 0. The molecule has 3 atom stereocenters. The average Bonchev–Trinajstić information content (AvgIpc) is 2.71. The summed E-state index contributed by atoms with van der Waals surface area (Å²) in [6, 6.07) is 3.29. The topological polar surface area (TPSA) is 169 Å². The number of ketones is 1. The van der Waals surface area contributed by atoms with Gasteiger partial charge in [-0.15, -0.1) is 0 Å². The van der Waals surface area contributed by atoms with Crippen LogP contribution in [-0.4, -0.2) is 59.9 Å². The highest BCUT2D eigenvalue weighted by atomic mass is 16.5. The Labute approximate surface area is 192 Å². The van der Waals surface area contributed by atoms with Crippen LogP contribution in [0.2, 0.25) is 0 Å². The number of hydrogen-bond acceptors (Lipinski definition) is 7. The molecule has 1 aromatic carbocycles. The van der Waals surface area contributed by atoms with Crippen molar-refractivity contribution in [2.45, 2.75) is 64.3 Å². The summed E-state index contributed by atoms with van der Waals surface area (Å²) in [5.41, 5.74) is 6.63. The van der Waals surface area contributed by atoms with Gasteiger partial charge >= 0.3 is 6.03 Å². The number of nitrogens with one attached hydrogen (secondary N) is 4. The van der Waals surface area contributed by atoms with E-state index >= 15 is 0 Å². The van der Waals surface area contributed by atoms with E-state index < -0.39 is 47.5 Å². The molecule has 11 heteroatoms. The molecule has 0 bridgehead atoms. The van der Waals surface area contributed by atoms with E-state index in [2.05, 4.69) is 21.3 Å². The van der Waals surface area contributed by atoms with Crippen molar-refractivity contribution < 1.29 is 28.7 Å². The first kappa shape index (κ1) is 25.9. The van der Waals surface area contributed by atoms with E-state index in [4.69, 9.17) is 10.5 Å². The number of Topliss-reactive ketones (excluding diaryl/α,β-unsaturated/α-hetero) is 1. The lowest BCUT2D eigenvalue weighted by molar-refractivity contribution is -0.129. The average molecular weight is 462 g/mol. The quantitative estimate of drug-likeness (QED) is 0.344. The highest BCUT2D eigenvalue weighted by Gasteiger charge is 2.29. The Morgan fingerprint density at radius 2 is 1.82 bits per heavy atom. The zero-order chi connectivity index (χ0) is 24.8. The molecule has 2 rings (SSSR count). The summed E-state index contributed by atoms with van der Waals surface area (Å²) in [5, 5.41) is 9.72. The van der Waals surface area contributed by atoms with E-state index in [1.807, 2.05) is 20.8 Å². The molecule has 0 spiro atoms. The molecule has 1 fully saturated rings. The van der Waals surface area contributed by atoms with E-state index in [1.54, 1.807) is 24.3 Å². The van der Waals surface area contributed by atoms with Crippen molar-refractivity contribution >= 4 is 35.2 Å². The minimum absolute atomic E-state index is 0.0253. The van der Waals surface area contributed by atoms with Gasteiger partial charge in [0.25, 0.3) is 0 Å². The van der Waals surface area contributed by atoms with Gasteiger partial charge in [-0.1, -0.05) is 12.1 Å². The molecule has 0 unspecified atom stereocenters. The van der Waals surface area contributed by atoms with Crippen LogP contribution in [0.5, 0.6) is 0 Å². The largest absolute Gasteiger partial charge is 0.374 e. The second-order valence-corrected chi connectivity index (χ2v) is 8.87. The Balaban J connectivity index is 1.93. The summed E-state index contributed by atoms with van der Waals surface area (Å²) in [5.74, 6) is -1.76. The van der Waals surface area contributed by atoms with Crippen LogP contribution in [0.3, 0.4) is 0 Å². The molecule has 1 aliphatic heterocycles. The van der Waals surface area contributed by atoms with Crippen molar-refractivity contribution in [3.63, 3.8) is 0 Å². The molecule has 1 aromatic rings. The number of anilines is 1. The van der Waals surface area contributed by atoms with Crippen LogP contribution in [0, 0.1) is 0 Å². The summed E-state index contributed by atoms with van der Waals surface area (Å²) in [6.07, 6.45) is 0.0829. The smallest absolute Gasteiger partial charge is 0.322 e. The fraction of sp³-hybridized carbons (Fsp3) is 0.500. The Bertz CT molecular complexity index is 893. The molecule has 0 aromatic heterocycles. The van der Waals surface area contributed by atoms with Gasteiger partial charge in [-0.2, -0.15) is 0 Å². The number of carbonyl (C=O) groups is 5. The van der Waals surface area contributed by atoms with Gasteiger partial charge in [0, 0.05) is 5.69 Å². The Hall–Kier alpha value is -3.31. The number of urea groups is 1. The molecule has 1 aliphatic rings. The molecule has 180 valence electrons. The first-order valence-electron chi connectivity index (χ1n) is 10.5. The number of benzene rings is 1. The molecule has 0 saturated carbocycles. The lowest BCUT2D eigenvalue weighted by Gasteiger charge is -2.23. The summed E-state index contributed by atoms with van der Waals surface area (Å²) in [7, 11) is 0. The van der Waals surface area contributed by atoms with Gasteiger partial charge in [0.2, 0.25) is 17.7 Å². The van der Waals surface area contributed by atoms with Gasteiger partial charge < -0.3 is 26.4 Å². The number of carbonyl (C=O) groups excluding carboxylic acids is 5. The third-order valence-corrected chi connectivity index (χ3v) is 4.77. The molecule has 5 amide bonds. The first-order valence-corrected chi connectivity index (χ1v) is 10.5. The number of nitrogens with two attached hydrogens (primary N) is 1. The molecule has 0 radical (unpaired) electrons. The van der Waals surface area contributed by atoms with E-state index in [1.165, 1.54) is 6.92 Å². The Morgan fingerprint density at radius 3 is 2.36 bits per heavy atom. The maximum Gasteiger partial charge on any atom is 0.322 e. The van der Waals surface area contributed by atoms with Gasteiger partial charge in [-0.3, -0.25) is 24.5 Å². The van der Waals surface area contributed by atoms with Crippen LogP contribution in [-0.2, 0) is 30.3 Å². The standard InChI is InChI=1S/C22H31N5O6/c1-12(28)16(25-19(30)15(23)11-33-22(2,3)4)9-13-5-7-14(8-6-13)24-20(31)17-10-18(29)27-21(32)26-17/h5-8,15-17H,9-11,23H2,1-4H3,(H,24,31)(H,25,30)(H2,26,27,29,32)/t15-,16-,17-/m0/s1.